The number of quaternary nitrogens is 1. The van der Waals surface area contributed by atoms with Crippen LogP contribution >= 0.6 is 7.82 Å². The fraction of sp³-hybridized carbons (Fsp3) is 0.640. The minimum Gasteiger partial charge on any atom is -0.756 e. The second-order valence-electron chi connectivity index (χ2n) is 16.4. The number of allylic oxidation sites excluding steroid dienone is 14. The lowest BCUT2D eigenvalue weighted by Crippen LogP contribution is -2.37. The third-order valence-corrected chi connectivity index (χ3v) is 10.5. The fourth-order valence-electron chi connectivity index (χ4n) is 5.73. The number of phosphoric acid groups is 1. The molecule has 0 spiro atoms. The number of carbonyl (C=O) groups is 2. The summed E-state index contributed by atoms with van der Waals surface area (Å²) in [5.74, 6) is -1.01. The highest BCUT2D eigenvalue weighted by molar-refractivity contribution is 7.45. The van der Waals surface area contributed by atoms with Crippen molar-refractivity contribution in [1.82, 2.24) is 0 Å². The molecule has 0 bridgehead atoms. The van der Waals surface area contributed by atoms with Crippen molar-refractivity contribution in [3.63, 3.8) is 0 Å². The van der Waals surface area contributed by atoms with Gasteiger partial charge in [-0.05, 0) is 89.9 Å². The molecule has 0 N–H and O–H groups in total. The summed E-state index contributed by atoms with van der Waals surface area (Å²) in [5.41, 5.74) is 0. The van der Waals surface area contributed by atoms with Crippen molar-refractivity contribution in [2.24, 2.45) is 0 Å². The molecule has 3 unspecified atom stereocenters. The van der Waals surface area contributed by atoms with Gasteiger partial charge in [-0.25, -0.2) is 0 Å². The monoisotopic (exact) mass is 872 g/mol. The van der Waals surface area contributed by atoms with E-state index in [-0.39, 0.29) is 38.3 Å². The van der Waals surface area contributed by atoms with Gasteiger partial charge in [-0.1, -0.05) is 137 Å². The summed E-state index contributed by atoms with van der Waals surface area (Å²) in [7, 11) is 1.07. The normalized spacial score (nSPS) is 17.7. The van der Waals surface area contributed by atoms with Crippen LogP contribution in [0.2, 0.25) is 0 Å². The highest BCUT2D eigenvalue weighted by Gasteiger charge is 2.36. The molecular weight excluding hydrogens is 790 g/mol. The van der Waals surface area contributed by atoms with Crippen LogP contribution in [-0.2, 0) is 37.4 Å². The van der Waals surface area contributed by atoms with Crippen LogP contribution in [0, 0.1) is 0 Å². The minimum absolute atomic E-state index is 0.0606. The molecule has 346 valence electrons. The maximum absolute atomic E-state index is 12.7. The number of esters is 2. The molecule has 0 aliphatic carbocycles. The largest absolute Gasteiger partial charge is 0.756 e. The standard InChI is InChI=1S/C50H82NO9P/c1-6-8-10-12-14-16-17-18-19-20-21-22-23-24-25-27-29-31-36-40-49(52)56-44-46(45-58-61(54,55)57-43-42-51(3,4)5)59-50(53)41-37-33-32-35-39-48-47(60-48)38-34-30-28-26-15-13-11-9-7-2/h14-16,18-19,21-22,24-26,29-32,34-35,46-48H,6-13,17,20,23,27-28,33,36-45H2,1-5H3/b16-14-,19-18-,22-21-,25-24-,26-15-,31-29-,34-30-,35-32-/t46-,47?,48?/m1/s1. The smallest absolute Gasteiger partial charge is 0.306 e. The molecule has 1 fully saturated rings. The molecule has 0 saturated carbocycles. The molecule has 0 aromatic carbocycles. The van der Waals surface area contributed by atoms with Gasteiger partial charge in [0, 0.05) is 12.8 Å². The average molecular weight is 872 g/mol. The van der Waals surface area contributed by atoms with Gasteiger partial charge in [0.05, 0.1) is 40.0 Å². The lowest BCUT2D eigenvalue weighted by molar-refractivity contribution is -0.870. The Kier molecular flexibility index (Phi) is 34.3. The SMILES string of the molecule is CCCCC/C=C\C/C=C\C/C=C\C/C=C\C/C=C\CCC(=O)OC[C@H](COP(=O)([O-])OCC[N+](C)(C)C)OC(=O)CCC/C=C\CC1OC1C/C=C\C/C=C\CCCCC. The van der Waals surface area contributed by atoms with E-state index in [2.05, 4.69) is 92.8 Å². The summed E-state index contributed by atoms with van der Waals surface area (Å²) in [6.07, 6.45) is 51.9. The van der Waals surface area contributed by atoms with Gasteiger partial charge in [0.2, 0.25) is 0 Å². The zero-order valence-electron chi connectivity index (χ0n) is 38.5. The van der Waals surface area contributed by atoms with Crippen LogP contribution in [-0.4, -0.2) is 82.2 Å². The van der Waals surface area contributed by atoms with E-state index >= 15 is 0 Å². The molecule has 1 aliphatic heterocycles. The Balaban J connectivity index is 2.38. The summed E-state index contributed by atoms with van der Waals surface area (Å²) in [6, 6.07) is 0. The van der Waals surface area contributed by atoms with Crippen molar-refractivity contribution in [2.45, 2.75) is 161 Å². The number of hydrogen-bond donors (Lipinski definition) is 0. The quantitative estimate of drug-likeness (QED) is 0.0148. The van der Waals surface area contributed by atoms with Crippen molar-refractivity contribution in [3.8, 4) is 0 Å². The Morgan fingerprint density at radius 2 is 1.05 bits per heavy atom. The molecular formula is C50H82NO9P. The number of nitrogens with zero attached hydrogens (tertiary/aromatic N) is 1. The Hall–Kier alpha value is -3.11. The molecule has 61 heavy (non-hydrogen) atoms. The number of carbonyl (C=O) groups excluding carboxylic acids is 2. The molecule has 10 nitrogen and oxygen atoms in total. The van der Waals surface area contributed by atoms with E-state index in [1.807, 2.05) is 39.4 Å². The highest BCUT2D eigenvalue weighted by Crippen LogP contribution is 2.38. The summed E-state index contributed by atoms with van der Waals surface area (Å²) in [4.78, 5) is 37.6. The Morgan fingerprint density at radius 3 is 1.57 bits per heavy atom. The highest BCUT2D eigenvalue weighted by atomic mass is 31.2. The van der Waals surface area contributed by atoms with Crippen LogP contribution in [0.15, 0.2) is 97.2 Å². The third kappa shape index (κ3) is 38.3. The van der Waals surface area contributed by atoms with E-state index in [1.165, 1.54) is 44.9 Å². The second kappa shape index (κ2) is 37.4. The lowest BCUT2D eigenvalue weighted by atomic mass is 10.1. The van der Waals surface area contributed by atoms with Crippen LogP contribution < -0.4 is 4.89 Å². The molecule has 0 aromatic rings. The molecule has 4 atom stereocenters. The molecule has 1 saturated heterocycles. The summed E-state index contributed by atoms with van der Waals surface area (Å²) >= 11 is 0. The lowest BCUT2D eigenvalue weighted by Gasteiger charge is -2.28. The van der Waals surface area contributed by atoms with Gasteiger partial charge in [-0.15, -0.1) is 0 Å². The Bertz CT molecular complexity index is 1420. The van der Waals surface area contributed by atoms with Gasteiger partial charge >= 0.3 is 11.9 Å². The van der Waals surface area contributed by atoms with Crippen LogP contribution in [0.5, 0.6) is 0 Å². The maximum atomic E-state index is 12.7. The first-order chi connectivity index (χ1) is 29.5. The fourth-order valence-corrected chi connectivity index (χ4v) is 6.46. The van der Waals surface area contributed by atoms with Gasteiger partial charge in [-0.3, -0.25) is 14.2 Å². The van der Waals surface area contributed by atoms with Crippen molar-refractivity contribution >= 4 is 19.8 Å². The predicted molar refractivity (Wildman–Crippen MR) is 249 cm³/mol. The number of phosphoric ester groups is 1. The van der Waals surface area contributed by atoms with Gasteiger partial charge in [0.1, 0.15) is 19.8 Å². The molecule has 1 heterocycles. The molecule has 11 heteroatoms. The van der Waals surface area contributed by atoms with Crippen LogP contribution in [0.1, 0.15) is 142 Å². The molecule has 0 radical (unpaired) electrons. The van der Waals surface area contributed by atoms with Crippen LogP contribution in [0.4, 0.5) is 0 Å². The molecule has 1 aliphatic rings. The first kappa shape index (κ1) is 55.9. The van der Waals surface area contributed by atoms with Crippen molar-refractivity contribution in [3.05, 3.63) is 97.2 Å². The van der Waals surface area contributed by atoms with E-state index in [0.29, 0.717) is 30.3 Å². The summed E-state index contributed by atoms with van der Waals surface area (Å²) < 4.78 is 39.6. The predicted octanol–water partition coefficient (Wildman–Crippen LogP) is 11.7. The molecule has 0 aromatic heterocycles. The van der Waals surface area contributed by atoms with Crippen molar-refractivity contribution < 1.29 is 46.8 Å². The molecule has 1 rings (SSSR count). The van der Waals surface area contributed by atoms with Crippen molar-refractivity contribution in [2.75, 3.05) is 47.5 Å². The Morgan fingerprint density at radius 1 is 0.590 bits per heavy atom. The number of likely N-dealkylation sites (N-methyl/N-ethyl adjacent to an activating group) is 1. The number of rotatable bonds is 39. The van der Waals surface area contributed by atoms with Gasteiger partial charge in [-0.2, -0.15) is 0 Å². The third-order valence-electron chi connectivity index (χ3n) is 9.49. The maximum Gasteiger partial charge on any atom is 0.306 e. The summed E-state index contributed by atoms with van der Waals surface area (Å²) in [6.45, 7) is 3.98. The zero-order chi connectivity index (χ0) is 44.7. The van der Waals surface area contributed by atoms with Gasteiger partial charge in [0.25, 0.3) is 7.82 Å². The van der Waals surface area contributed by atoms with Crippen LogP contribution in [0.25, 0.3) is 0 Å². The van der Waals surface area contributed by atoms with E-state index < -0.39 is 32.5 Å². The Labute approximate surface area is 370 Å². The summed E-state index contributed by atoms with van der Waals surface area (Å²) in [5, 5.41) is 0. The van der Waals surface area contributed by atoms with Crippen LogP contribution in [0.3, 0.4) is 0 Å². The van der Waals surface area contributed by atoms with Gasteiger partial charge < -0.3 is 32.6 Å². The average Bonchev–Trinajstić information content (AvgIpc) is 3.97. The molecule has 0 amide bonds. The van der Waals surface area contributed by atoms with Crippen molar-refractivity contribution in [1.29, 1.82) is 0 Å². The number of unbranched alkanes of at least 4 members (excludes halogenated alkanes) is 7. The second-order valence-corrected chi connectivity index (χ2v) is 17.9. The number of ether oxygens (including phenoxy) is 3. The first-order valence-corrected chi connectivity index (χ1v) is 24.5. The van der Waals surface area contributed by atoms with E-state index in [9.17, 15) is 19.0 Å². The van der Waals surface area contributed by atoms with E-state index in [1.54, 1.807) is 0 Å². The topological polar surface area (TPSA) is 124 Å². The number of epoxide rings is 1. The zero-order valence-corrected chi connectivity index (χ0v) is 39.4. The minimum atomic E-state index is -4.67. The van der Waals surface area contributed by atoms with Gasteiger partial charge in [0.15, 0.2) is 6.10 Å². The van der Waals surface area contributed by atoms with E-state index in [0.717, 1.165) is 51.4 Å². The van der Waals surface area contributed by atoms with E-state index in [4.69, 9.17) is 23.3 Å². The number of hydrogen-bond acceptors (Lipinski definition) is 9. The first-order valence-electron chi connectivity index (χ1n) is 23.1.